The van der Waals surface area contributed by atoms with Gasteiger partial charge in [0.25, 0.3) is 5.91 Å². The lowest BCUT2D eigenvalue weighted by atomic mass is 10.0. The zero-order valence-electron chi connectivity index (χ0n) is 17.6. The van der Waals surface area contributed by atoms with Crippen LogP contribution in [0.1, 0.15) is 28.5 Å². The Bertz CT molecular complexity index is 1030. The minimum Gasteiger partial charge on any atom is -0.340 e. The van der Waals surface area contributed by atoms with Crippen molar-refractivity contribution in [2.24, 2.45) is 24.6 Å². The number of amides is 1. The number of likely N-dealkylation sites (tertiary alicyclic amines) is 2. The Balaban J connectivity index is 1.18. The summed E-state index contributed by atoms with van der Waals surface area (Å²) in [6.07, 6.45) is 0.974. The number of para-hydroxylation sites is 1. The Morgan fingerprint density at radius 3 is 2.37 bits per heavy atom. The van der Waals surface area contributed by atoms with E-state index in [-0.39, 0.29) is 11.9 Å². The van der Waals surface area contributed by atoms with Crippen molar-refractivity contribution in [1.82, 2.24) is 14.4 Å². The maximum atomic E-state index is 13.2. The van der Waals surface area contributed by atoms with E-state index in [1.54, 1.807) is 0 Å². The molecule has 3 atom stereocenters. The highest BCUT2D eigenvalue weighted by molar-refractivity contribution is 5.98. The molecule has 1 aromatic heterocycles. The number of carbonyl (C=O) groups excluding carboxylic acids is 1. The van der Waals surface area contributed by atoms with Crippen molar-refractivity contribution in [1.29, 1.82) is 0 Å². The van der Waals surface area contributed by atoms with Gasteiger partial charge in [-0.3, -0.25) is 4.79 Å². The van der Waals surface area contributed by atoms with E-state index in [1.807, 2.05) is 35.9 Å². The molecule has 5 rings (SSSR count). The standard InChI is InChI=1S/C25H30N4O/c1-27-23-10-6-5-9-19(23)13-24(27)25(30)29-16-20-14-28(15-21(20)17-29)12-11-22(26)18-7-3-2-4-8-18/h2-10,13,20-22H,11-12,14-17,26H2,1H3/t20?,21?,22-/m0/s1. The highest BCUT2D eigenvalue weighted by Crippen LogP contribution is 2.33. The number of fused-ring (bicyclic) bond motifs is 2. The maximum Gasteiger partial charge on any atom is 0.270 e. The largest absolute Gasteiger partial charge is 0.340 e. The van der Waals surface area contributed by atoms with Crippen LogP contribution >= 0.6 is 0 Å². The molecule has 2 saturated heterocycles. The number of nitrogens with two attached hydrogens (primary N) is 1. The van der Waals surface area contributed by atoms with Crippen LogP contribution in [0.3, 0.4) is 0 Å². The molecular formula is C25H30N4O. The summed E-state index contributed by atoms with van der Waals surface area (Å²) >= 11 is 0. The second-order valence-electron chi connectivity index (χ2n) is 8.94. The van der Waals surface area contributed by atoms with Crippen LogP contribution in [0.25, 0.3) is 10.9 Å². The van der Waals surface area contributed by atoms with E-state index in [1.165, 1.54) is 5.56 Å². The van der Waals surface area contributed by atoms with Gasteiger partial charge in [0.05, 0.1) is 0 Å². The molecule has 0 spiro atoms. The average molecular weight is 403 g/mol. The van der Waals surface area contributed by atoms with Gasteiger partial charge in [-0.15, -0.1) is 0 Å². The minimum atomic E-state index is 0.0937. The van der Waals surface area contributed by atoms with Crippen molar-refractivity contribution < 1.29 is 4.79 Å². The molecule has 2 aliphatic rings. The van der Waals surface area contributed by atoms with Crippen LogP contribution in [0, 0.1) is 11.8 Å². The summed E-state index contributed by atoms with van der Waals surface area (Å²) in [4.78, 5) is 17.8. The summed E-state index contributed by atoms with van der Waals surface area (Å²) in [5.41, 5.74) is 9.50. The Labute approximate surface area is 178 Å². The number of hydrogen-bond acceptors (Lipinski definition) is 3. The van der Waals surface area contributed by atoms with Crippen LogP contribution in [0.15, 0.2) is 60.7 Å². The first-order chi connectivity index (χ1) is 14.6. The number of nitrogens with zero attached hydrogens (tertiary/aromatic N) is 3. The van der Waals surface area contributed by atoms with Gasteiger partial charge in [0.1, 0.15) is 5.69 Å². The van der Waals surface area contributed by atoms with E-state index in [0.717, 1.165) is 55.7 Å². The molecule has 1 amide bonds. The number of carbonyl (C=O) groups is 1. The first kappa shape index (κ1) is 19.3. The molecule has 2 aliphatic heterocycles. The third-order valence-corrected chi connectivity index (χ3v) is 7.00. The lowest BCUT2D eigenvalue weighted by molar-refractivity contribution is 0.0765. The summed E-state index contributed by atoms with van der Waals surface area (Å²) in [7, 11) is 1.99. The highest BCUT2D eigenvalue weighted by atomic mass is 16.2. The van der Waals surface area contributed by atoms with Crippen molar-refractivity contribution in [3.8, 4) is 0 Å². The van der Waals surface area contributed by atoms with Gasteiger partial charge in [-0.1, -0.05) is 48.5 Å². The fraction of sp³-hybridized carbons (Fsp3) is 0.400. The highest BCUT2D eigenvalue weighted by Gasteiger charge is 2.42. The summed E-state index contributed by atoms with van der Waals surface area (Å²) in [5.74, 6) is 1.33. The third kappa shape index (κ3) is 3.53. The molecule has 30 heavy (non-hydrogen) atoms. The van der Waals surface area contributed by atoms with Gasteiger partial charge in [-0.2, -0.15) is 0 Å². The molecule has 156 valence electrons. The van der Waals surface area contributed by atoms with Gasteiger partial charge < -0.3 is 20.1 Å². The number of benzene rings is 2. The van der Waals surface area contributed by atoms with Crippen LogP contribution in [-0.2, 0) is 7.05 Å². The number of aromatic nitrogens is 1. The fourth-order valence-electron chi connectivity index (χ4n) is 5.28. The van der Waals surface area contributed by atoms with Crippen LogP contribution in [0.5, 0.6) is 0 Å². The maximum absolute atomic E-state index is 13.2. The lowest BCUT2D eigenvalue weighted by Crippen LogP contribution is -2.34. The van der Waals surface area contributed by atoms with Crippen LogP contribution < -0.4 is 5.73 Å². The Hall–Kier alpha value is -2.63. The molecule has 0 saturated carbocycles. The molecule has 3 heterocycles. The topological polar surface area (TPSA) is 54.5 Å². The molecule has 5 heteroatoms. The summed E-state index contributed by atoms with van der Waals surface area (Å²) in [6.45, 7) is 4.91. The third-order valence-electron chi connectivity index (χ3n) is 7.00. The molecule has 0 aliphatic carbocycles. The van der Waals surface area contributed by atoms with E-state index >= 15 is 0 Å². The van der Waals surface area contributed by atoms with Crippen molar-refractivity contribution in [3.63, 3.8) is 0 Å². The Morgan fingerprint density at radius 1 is 1.00 bits per heavy atom. The fourth-order valence-corrected chi connectivity index (χ4v) is 5.28. The van der Waals surface area contributed by atoms with Gasteiger partial charge in [0, 0.05) is 50.2 Å². The predicted molar refractivity (Wildman–Crippen MR) is 120 cm³/mol. The zero-order valence-corrected chi connectivity index (χ0v) is 17.6. The van der Waals surface area contributed by atoms with Crippen LogP contribution in [-0.4, -0.2) is 53.0 Å². The molecule has 0 bridgehead atoms. The van der Waals surface area contributed by atoms with Crippen molar-refractivity contribution in [2.45, 2.75) is 12.5 Å². The van der Waals surface area contributed by atoms with Gasteiger partial charge in [-0.05, 0) is 42.5 Å². The van der Waals surface area contributed by atoms with Crippen LogP contribution in [0.4, 0.5) is 0 Å². The van der Waals surface area contributed by atoms with Crippen molar-refractivity contribution in [2.75, 3.05) is 32.7 Å². The molecule has 2 fully saturated rings. The smallest absolute Gasteiger partial charge is 0.270 e. The zero-order chi connectivity index (χ0) is 20.7. The first-order valence-electron chi connectivity index (χ1n) is 11.0. The van der Waals surface area contributed by atoms with Crippen molar-refractivity contribution in [3.05, 3.63) is 71.9 Å². The minimum absolute atomic E-state index is 0.0937. The summed E-state index contributed by atoms with van der Waals surface area (Å²) < 4.78 is 2.03. The van der Waals surface area contributed by atoms with E-state index in [4.69, 9.17) is 5.73 Å². The van der Waals surface area contributed by atoms with E-state index in [0.29, 0.717) is 11.8 Å². The van der Waals surface area contributed by atoms with Gasteiger partial charge in [0.2, 0.25) is 0 Å². The quantitative estimate of drug-likeness (QED) is 0.713. The normalized spacial score (nSPS) is 22.5. The molecular weight excluding hydrogens is 372 g/mol. The number of aryl methyl sites for hydroxylation is 1. The van der Waals surface area contributed by atoms with Crippen molar-refractivity contribution >= 4 is 16.8 Å². The Morgan fingerprint density at radius 2 is 1.67 bits per heavy atom. The Kier molecular flexibility index (Phi) is 5.09. The first-order valence-corrected chi connectivity index (χ1v) is 11.0. The molecule has 2 unspecified atom stereocenters. The van der Waals surface area contributed by atoms with E-state index in [9.17, 15) is 4.79 Å². The summed E-state index contributed by atoms with van der Waals surface area (Å²) in [5, 5.41) is 1.13. The predicted octanol–water partition coefficient (Wildman–Crippen LogP) is 3.27. The molecule has 2 aromatic carbocycles. The lowest BCUT2D eigenvalue weighted by Gasteiger charge is -2.23. The molecule has 0 radical (unpaired) electrons. The van der Waals surface area contributed by atoms with E-state index in [2.05, 4.69) is 46.2 Å². The van der Waals surface area contributed by atoms with Crippen LogP contribution in [0.2, 0.25) is 0 Å². The second kappa shape index (κ2) is 7.89. The SMILES string of the molecule is Cn1c(C(=O)N2CC3CN(CC[C@H](N)c4ccccc4)CC3C2)cc2ccccc21. The second-order valence-corrected chi connectivity index (χ2v) is 8.94. The van der Waals surface area contributed by atoms with Gasteiger partial charge >= 0.3 is 0 Å². The van der Waals surface area contributed by atoms with E-state index < -0.39 is 0 Å². The molecule has 3 aromatic rings. The molecule has 5 nitrogen and oxygen atoms in total. The summed E-state index contributed by atoms with van der Waals surface area (Å²) in [6, 6.07) is 20.7. The average Bonchev–Trinajstić information content (AvgIpc) is 3.44. The number of rotatable bonds is 5. The molecule has 2 N–H and O–H groups in total. The monoisotopic (exact) mass is 402 g/mol. The van der Waals surface area contributed by atoms with Gasteiger partial charge in [0.15, 0.2) is 0 Å². The number of hydrogen-bond donors (Lipinski definition) is 1. The van der Waals surface area contributed by atoms with Gasteiger partial charge in [-0.25, -0.2) is 0 Å².